The van der Waals surface area contributed by atoms with Gasteiger partial charge >= 0.3 is 0 Å². The molecule has 0 bridgehead atoms. The van der Waals surface area contributed by atoms with E-state index in [0.717, 1.165) is 0 Å². The van der Waals surface area contributed by atoms with Crippen molar-refractivity contribution in [2.45, 2.75) is 0 Å². The van der Waals surface area contributed by atoms with Crippen LogP contribution in [-0.2, 0) is 0 Å². The van der Waals surface area contributed by atoms with Gasteiger partial charge < -0.3 is 9.15 Å². The molecular weight excluding hydrogens is 383 g/mol. The minimum Gasteiger partial charge on any atom is -0.457 e. The van der Waals surface area contributed by atoms with Gasteiger partial charge in [-0.25, -0.2) is 0 Å². The molecule has 6 heteroatoms. The molecule has 0 atom stereocenters. The number of carbonyl (C=O) groups is 1. The van der Waals surface area contributed by atoms with Crippen LogP contribution in [0.2, 0.25) is 15.1 Å². The number of hydrogen-bond donors (Lipinski definition) is 0. The van der Waals surface area contributed by atoms with E-state index in [1.165, 1.54) is 6.08 Å². The van der Waals surface area contributed by atoms with Gasteiger partial charge in [-0.15, -0.1) is 0 Å². The van der Waals surface area contributed by atoms with E-state index < -0.39 is 0 Å². The molecule has 124 valence electrons. The van der Waals surface area contributed by atoms with E-state index in [0.29, 0.717) is 43.5 Å². The van der Waals surface area contributed by atoms with E-state index in [2.05, 4.69) is 0 Å². The smallest absolute Gasteiger partial charge is 0.232 e. The average Bonchev–Trinajstić information content (AvgIpc) is 3.16. The summed E-state index contributed by atoms with van der Waals surface area (Å²) >= 11 is 18.1. The highest BCUT2D eigenvalue weighted by Gasteiger charge is 2.27. The Bertz CT molecular complexity index is 1030. The number of Topliss-reactive ketones (excluding diaryl/α,β-unsaturated/α-hetero) is 1. The maximum atomic E-state index is 12.4. The number of carbonyl (C=O) groups excluding carboxylic acids is 1. The van der Waals surface area contributed by atoms with Crippen LogP contribution in [0.3, 0.4) is 0 Å². The Morgan fingerprint density at radius 2 is 1.56 bits per heavy atom. The van der Waals surface area contributed by atoms with E-state index in [-0.39, 0.29) is 11.5 Å². The van der Waals surface area contributed by atoms with Crippen molar-refractivity contribution in [1.29, 1.82) is 0 Å². The number of ketones is 1. The molecule has 1 aliphatic heterocycles. The standard InChI is InChI=1S/C19H9Cl3O3/c20-10-1-4-15(22)13(7-10)16-6-3-12(24-16)9-18-19(23)14-8-11(21)2-5-17(14)25-18/h1-9H/b18-9-. The summed E-state index contributed by atoms with van der Waals surface area (Å²) in [6.45, 7) is 0. The predicted molar refractivity (Wildman–Crippen MR) is 98.6 cm³/mol. The normalized spacial score (nSPS) is 14.7. The molecule has 0 saturated carbocycles. The third-order valence-corrected chi connectivity index (χ3v) is 4.52. The van der Waals surface area contributed by atoms with Crippen molar-refractivity contribution in [3.8, 4) is 17.1 Å². The lowest BCUT2D eigenvalue weighted by Gasteiger charge is -2.01. The summed E-state index contributed by atoms with van der Waals surface area (Å²) < 4.78 is 11.3. The van der Waals surface area contributed by atoms with Gasteiger partial charge in [0.15, 0.2) is 5.76 Å². The zero-order chi connectivity index (χ0) is 17.6. The lowest BCUT2D eigenvalue weighted by atomic mass is 10.1. The summed E-state index contributed by atoms with van der Waals surface area (Å²) in [5, 5.41) is 1.55. The van der Waals surface area contributed by atoms with Gasteiger partial charge in [-0.1, -0.05) is 34.8 Å². The van der Waals surface area contributed by atoms with E-state index in [9.17, 15) is 4.79 Å². The van der Waals surface area contributed by atoms with E-state index in [1.54, 1.807) is 48.5 Å². The van der Waals surface area contributed by atoms with Crippen molar-refractivity contribution in [3.63, 3.8) is 0 Å². The number of furan rings is 1. The molecule has 3 nitrogen and oxygen atoms in total. The fraction of sp³-hybridized carbons (Fsp3) is 0. The Kier molecular flexibility index (Phi) is 4.08. The summed E-state index contributed by atoms with van der Waals surface area (Å²) in [6, 6.07) is 13.5. The van der Waals surface area contributed by atoms with Crippen LogP contribution in [0.15, 0.2) is 58.7 Å². The summed E-state index contributed by atoms with van der Waals surface area (Å²) in [6.07, 6.45) is 1.54. The molecule has 4 rings (SSSR count). The van der Waals surface area contributed by atoms with Gasteiger partial charge in [0.2, 0.25) is 5.78 Å². The lowest BCUT2D eigenvalue weighted by Crippen LogP contribution is -1.97. The molecule has 0 aliphatic carbocycles. The van der Waals surface area contributed by atoms with Crippen LogP contribution >= 0.6 is 34.8 Å². The van der Waals surface area contributed by atoms with Gasteiger partial charge in [0.05, 0.1) is 10.6 Å². The Hall–Kier alpha value is -2.20. The molecule has 0 radical (unpaired) electrons. The zero-order valence-corrected chi connectivity index (χ0v) is 14.8. The lowest BCUT2D eigenvalue weighted by molar-refractivity contribution is 0.101. The van der Waals surface area contributed by atoms with Gasteiger partial charge in [0, 0.05) is 21.7 Å². The molecule has 0 saturated heterocycles. The number of fused-ring (bicyclic) bond motifs is 1. The SMILES string of the molecule is O=C1/C(=C/c2ccc(-c3cc(Cl)ccc3Cl)o2)Oc2ccc(Cl)cc21. The third-order valence-electron chi connectivity index (χ3n) is 3.72. The van der Waals surface area contributed by atoms with Crippen LogP contribution in [0.1, 0.15) is 16.1 Å². The Morgan fingerprint density at radius 3 is 2.36 bits per heavy atom. The van der Waals surface area contributed by atoms with Crippen LogP contribution in [0.5, 0.6) is 5.75 Å². The topological polar surface area (TPSA) is 39.4 Å². The molecule has 1 aliphatic rings. The number of halogens is 3. The molecule has 3 aromatic rings. The van der Waals surface area contributed by atoms with Crippen molar-refractivity contribution in [2.75, 3.05) is 0 Å². The van der Waals surface area contributed by atoms with Crippen LogP contribution in [0.4, 0.5) is 0 Å². The molecule has 1 aromatic heterocycles. The van der Waals surface area contributed by atoms with Crippen LogP contribution in [0, 0.1) is 0 Å². The largest absolute Gasteiger partial charge is 0.457 e. The molecule has 0 spiro atoms. The minimum atomic E-state index is -0.240. The second-order valence-electron chi connectivity index (χ2n) is 5.41. The van der Waals surface area contributed by atoms with Crippen LogP contribution in [-0.4, -0.2) is 5.78 Å². The van der Waals surface area contributed by atoms with Crippen LogP contribution < -0.4 is 4.74 Å². The first-order valence-corrected chi connectivity index (χ1v) is 8.44. The summed E-state index contributed by atoms with van der Waals surface area (Å²) in [7, 11) is 0. The molecule has 2 heterocycles. The molecular formula is C19H9Cl3O3. The number of benzene rings is 2. The van der Waals surface area contributed by atoms with Gasteiger partial charge in [-0.05, 0) is 48.5 Å². The number of rotatable bonds is 2. The summed E-state index contributed by atoms with van der Waals surface area (Å²) in [4.78, 5) is 12.4. The fourth-order valence-electron chi connectivity index (χ4n) is 2.55. The van der Waals surface area contributed by atoms with Crippen LogP contribution in [0.25, 0.3) is 17.4 Å². The third kappa shape index (κ3) is 3.07. The first-order chi connectivity index (χ1) is 12.0. The highest BCUT2D eigenvalue weighted by Crippen LogP contribution is 2.35. The Balaban J connectivity index is 1.67. The van der Waals surface area contributed by atoms with E-state index in [1.807, 2.05) is 0 Å². The van der Waals surface area contributed by atoms with Crippen molar-refractivity contribution in [3.05, 3.63) is 80.7 Å². The van der Waals surface area contributed by atoms with Crippen molar-refractivity contribution in [1.82, 2.24) is 0 Å². The first-order valence-electron chi connectivity index (χ1n) is 7.30. The predicted octanol–water partition coefficient (Wildman–Crippen LogP) is 6.52. The maximum Gasteiger partial charge on any atom is 0.232 e. The number of ether oxygens (including phenoxy) is 1. The molecule has 2 aromatic carbocycles. The van der Waals surface area contributed by atoms with Crippen molar-refractivity contribution >= 4 is 46.7 Å². The van der Waals surface area contributed by atoms with Gasteiger partial charge in [0.1, 0.15) is 17.3 Å². The molecule has 0 fully saturated rings. The summed E-state index contributed by atoms with van der Waals surface area (Å²) in [5.74, 6) is 1.43. The monoisotopic (exact) mass is 390 g/mol. The fourth-order valence-corrected chi connectivity index (χ4v) is 3.11. The van der Waals surface area contributed by atoms with Crippen molar-refractivity contribution < 1.29 is 13.9 Å². The first kappa shape index (κ1) is 16.3. The second kappa shape index (κ2) is 6.26. The van der Waals surface area contributed by atoms with E-state index in [4.69, 9.17) is 44.0 Å². The van der Waals surface area contributed by atoms with Gasteiger partial charge in [0.25, 0.3) is 0 Å². The number of hydrogen-bond acceptors (Lipinski definition) is 3. The van der Waals surface area contributed by atoms with E-state index >= 15 is 0 Å². The Labute approximate surface area is 158 Å². The van der Waals surface area contributed by atoms with Gasteiger partial charge in [-0.3, -0.25) is 4.79 Å². The van der Waals surface area contributed by atoms with Crippen molar-refractivity contribution in [2.24, 2.45) is 0 Å². The molecule has 0 N–H and O–H groups in total. The Morgan fingerprint density at radius 1 is 0.840 bits per heavy atom. The highest BCUT2D eigenvalue weighted by molar-refractivity contribution is 6.35. The summed E-state index contributed by atoms with van der Waals surface area (Å²) in [5.41, 5.74) is 1.11. The molecule has 0 amide bonds. The minimum absolute atomic E-state index is 0.176. The number of allylic oxidation sites excluding steroid dienone is 1. The zero-order valence-electron chi connectivity index (χ0n) is 12.6. The molecule has 0 unspecified atom stereocenters. The maximum absolute atomic E-state index is 12.4. The average molecular weight is 392 g/mol. The van der Waals surface area contributed by atoms with Gasteiger partial charge in [-0.2, -0.15) is 0 Å². The quantitative estimate of drug-likeness (QED) is 0.467. The second-order valence-corrected chi connectivity index (χ2v) is 6.69. The highest BCUT2D eigenvalue weighted by atomic mass is 35.5. The molecule has 25 heavy (non-hydrogen) atoms.